The zero-order valence-electron chi connectivity index (χ0n) is 19.4. The van der Waals surface area contributed by atoms with E-state index >= 15 is 0 Å². The molecule has 5 unspecified atom stereocenters. The van der Waals surface area contributed by atoms with Crippen molar-refractivity contribution in [3.63, 3.8) is 0 Å². The van der Waals surface area contributed by atoms with E-state index in [0.717, 1.165) is 0 Å². The molecule has 9 N–H and O–H groups in total. The van der Waals surface area contributed by atoms with Gasteiger partial charge < -0.3 is 37.8 Å². The summed E-state index contributed by atoms with van der Waals surface area (Å²) >= 11 is 0. The molecule has 0 aromatic rings. The normalized spacial score (nSPS) is 19.3. The highest BCUT2D eigenvalue weighted by atomic mass is 16.4. The molecule has 12 heteroatoms. The zero-order chi connectivity index (χ0) is 25.1. The number of nitrogens with one attached hydrogen (secondary N) is 2. The molecular weight excluding hydrogens is 432 g/mol. The van der Waals surface area contributed by atoms with E-state index in [1.165, 1.54) is 4.90 Å². The van der Waals surface area contributed by atoms with E-state index in [2.05, 4.69) is 10.6 Å². The van der Waals surface area contributed by atoms with Crippen LogP contribution < -0.4 is 27.8 Å². The number of carbonyl (C=O) groups is 5. The lowest BCUT2D eigenvalue weighted by Crippen LogP contribution is -2.58. The van der Waals surface area contributed by atoms with Gasteiger partial charge in [0.1, 0.15) is 18.1 Å². The highest BCUT2D eigenvalue weighted by Gasteiger charge is 2.39. The standard InChI is InChI=1S/C21H38N6O6/c1-3-12(2)17(20(31)27-10-6-8-15(27)21(32)33)26-19(30)14(7-4-5-9-22)25-18(29)13(23)11-16(24)28/h12-15,17H,3-11,22-23H2,1-2H3,(H2,24,28)(H,25,29)(H,26,30)(H,32,33). The number of nitrogens with two attached hydrogens (primary N) is 3. The predicted molar refractivity (Wildman–Crippen MR) is 120 cm³/mol. The lowest BCUT2D eigenvalue weighted by Gasteiger charge is -2.31. The largest absolute Gasteiger partial charge is 0.480 e. The minimum atomic E-state index is -1.21. The summed E-state index contributed by atoms with van der Waals surface area (Å²) in [6.07, 6.45) is 2.53. The van der Waals surface area contributed by atoms with Gasteiger partial charge in [-0.1, -0.05) is 20.3 Å². The van der Waals surface area contributed by atoms with Gasteiger partial charge in [0, 0.05) is 6.54 Å². The molecule has 33 heavy (non-hydrogen) atoms. The second-order valence-electron chi connectivity index (χ2n) is 8.52. The molecule has 1 fully saturated rings. The van der Waals surface area contributed by atoms with Crippen molar-refractivity contribution in [1.82, 2.24) is 15.5 Å². The number of hydrogen-bond donors (Lipinski definition) is 6. The molecule has 0 aliphatic carbocycles. The Kier molecular flexibility index (Phi) is 11.8. The first-order valence-electron chi connectivity index (χ1n) is 11.4. The van der Waals surface area contributed by atoms with Crippen molar-refractivity contribution in [3.8, 4) is 0 Å². The molecule has 1 aliphatic rings. The van der Waals surface area contributed by atoms with Crippen LogP contribution in [0.1, 0.15) is 58.8 Å². The molecule has 1 saturated heterocycles. The first-order chi connectivity index (χ1) is 15.5. The van der Waals surface area contributed by atoms with Gasteiger partial charge in [-0.2, -0.15) is 0 Å². The van der Waals surface area contributed by atoms with Crippen LogP contribution >= 0.6 is 0 Å². The number of primary amides is 1. The Labute approximate surface area is 194 Å². The SMILES string of the molecule is CCC(C)C(NC(=O)C(CCCCN)NC(=O)C(N)CC(N)=O)C(=O)N1CCCC1C(=O)O. The molecule has 0 saturated carbocycles. The number of amides is 4. The van der Waals surface area contributed by atoms with E-state index in [0.29, 0.717) is 45.2 Å². The lowest BCUT2D eigenvalue weighted by atomic mass is 9.96. The number of carboxylic acid groups (broad SMARTS) is 1. The van der Waals surface area contributed by atoms with E-state index in [4.69, 9.17) is 17.2 Å². The minimum Gasteiger partial charge on any atom is -0.480 e. The van der Waals surface area contributed by atoms with Crippen LogP contribution in [0.2, 0.25) is 0 Å². The van der Waals surface area contributed by atoms with Crippen molar-refractivity contribution in [1.29, 1.82) is 0 Å². The lowest BCUT2D eigenvalue weighted by molar-refractivity contribution is -0.150. The van der Waals surface area contributed by atoms with Gasteiger partial charge in [0.25, 0.3) is 0 Å². The first kappa shape index (κ1) is 28.3. The fourth-order valence-corrected chi connectivity index (χ4v) is 3.75. The molecule has 0 radical (unpaired) electrons. The number of nitrogens with zero attached hydrogens (tertiary/aromatic N) is 1. The van der Waals surface area contributed by atoms with Crippen LogP contribution in [-0.2, 0) is 24.0 Å². The fraction of sp³-hybridized carbons (Fsp3) is 0.762. The Bertz CT molecular complexity index is 717. The van der Waals surface area contributed by atoms with Gasteiger partial charge in [0.05, 0.1) is 12.5 Å². The van der Waals surface area contributed by atoms with Crippen molar-refractivity contribution < 1.29 is 29.1 Å². The highest BCUT2D eigenvalue weighted by Crippen LogP contribution is 2.21. The van der Waals surface area contributed by atoms with Gasteiger partial charge in [0.15, 0.2) is 0 Å². The smallest absolute Gasteiger partial charge is 0.326 e. The molecular formula is C21H38N6O6. The maximum atomic E-state index is 13.2. The molecule has 0 aromatic heterocycles. The number of likely N-dealkylation sites (tertiary alicyclic amines) is 1. The Morgan fingerprint density at radius 2 is 1.79 bits per heavy atom. The minimum absolute atomic E-state index is 0.251. The average molecular weight is 471 g/mol. The Morgan fingerprint density at radius 1 is 1.12 bits per heavy atom. The van der Waals surface area contributed by atoms with Crippen LogP contribution in [0.15, 0.2) is 0 Å². The van der Waals surface area contributed by atoms with Gasteiger partial charge in [-0.05, 0) is 44.6 Å². The molecule has 1 aliphatic heterocycles. The van der Waals surface area contributed by atoms with E-state index in [1.54, 1.807) is 6.92 Å². The maximum Gasteiger partial charge on any atom is 0.326 e. The highest BCUT2D eigenvalue weighted by molar-refractivity contribution is 5.95. The third-order valence-electron chi connectivity index (χ3n) is 5.94. The molecule has 0 aromatic carbocycles. The molecule has 12 nitrogen and oxygen atoms in total. The van der Waals surface area contributed by atoms with Crippen LogP contribution in [0.5, 0.6) is 0 Å². The van der Waals surface area contributed by atoms with Crippen molar-refractivity contribution in [2.45, 2.75) is 83.0 Å². The number of hydrogen-bond acceptors (Lipinski definition) is 7. The predicted octanol–water partition coefficient (Wildman–Crippen LogP) is -1.59. The summed E-state index contributed by atoms with van der Waals surface area (Å²) in [6, 6.07) is -4.08. The summed E-state index contributed by atoms with van der Waals surface area (Å²) in [6.45, 7) is 4.36. The van der Waals surface area contributed by atoms with E-state index < -0.39 is 53.8 Å². The molecule has 1 rings (SSSR count). The number of carboxylic acids is 1. The maximum absolute atomic E-state index is 13.2. The van der Waals surface area contributed by atoms with Crippen LogP contribution in [0.4, 0.5) is 0 Å². The van der Waals surface area contributed by atoms with Crippen LogP contribution in [0, 0.1) is 5.92 Å². The van der Waals surface area contributed by atoms with Crippen molar-refractivity contribution >= 4 is 29.6 Å². The van der Waals surface area contributed by atoms with Gasteiger partial charge in [-0.25, -0.2) is 4.79 Å². The van der Waals surface area contributed by atoms with E-state index in [-0.39, 0.29) is 18.8 Å². The average Bonchev–Trinajstić information content (AvgIpc) is 3.25. The second-order valence-corrected chi connectivity index (χ2v) is 8.52. The van der Waals surface area contributed by atoms with Gasteiger partial charge in [0.2, 0.25) is 23.6 Å². The monoisotopic (exact) mass is 470 g/mol. The summed E-state index contributed by atoms with van der Waals surface area (Å²) in [5, 5.41) is 14.7. The fourth-order valence-electron chi connectivity index (χ4n) is 3.75. The molecule has 4 amide bonds. The number of unbranched alkanes of at least 4 members (excludes halogenated alkanes) is 1. The molecule has 0 bridgehead atoms. The molecule has 1 heterocycles. The topological polar surface area (TPSA) is 211 Å². The Morgan fingerprint density at radius 3 is 2.33 bits per heavy atom. The van der Waals surface area contributed by atoms with Gasteiger partial charge >= 0.3 is 5.97 Å². The van der Waals surface area contributed by atoms with Gasteiger partial charge in [-0.3, -0.25) is 19.2 Å². The molecule has 0 spiro atoms. The van der Waals surface area contributed by atoms with Crippen LogP contribution in [0.25, 0.3) is 0 Å². The second kappa shape index (κ2) is 13.7. The number of rotatable bonds is 14. The quantitative estimate of drug-likeness (QED) is 0.162. The van der Waals surface area contributed by atoms with Crippen molar-refractivity contribution in [2.75, 3.05) is 13.1 Å². The third-order valence-corrected chi connectivity index (χ3v) is 5.94. The van der Waals surface area contributed by atoms with Crippen molar-refractivity contribution in [2.24, 2.45) is 23.1 Å². The summed E-state index contributed by atoms with van der Waals surface area (Å²) < 4.78 is 0. The zero-order valence-corrected chi connectivity index (χ0v) is 19.4. The Balaban J connectivity index is 3.01. The van der Waals surface area contributed by atoms with Gasteiger partial charge in [-0.15, -0.1) is 0 Å². The summed E-state index contributed by atoms with van der Waals surface area (Å²) in [4.78, 5) is 62.6. The number of aliphatic carboxylic acids is 1. The summed E-state index contributed by atoms with van der Waals surface area (Å²) in [5.41, 5.74) is 16.3. The molecule has 5 atom stereocenters. The van der Waals surface area contributed by atoms with E-state index in [1.807, 2.05) is 6.92 Å². The third kappa shape index (κ3) is 8.61. The van der Waals surface area contributed by atoms with Crippen molar-refractivity contribution in [3.05, 3.63) is 0 Å². The number of carbonyl (C=O) groups excluding carboxylic acids is 4. The first-order valence-corrected chi connectivity index (χ1v) is 11.4. The Hall–Kier alpha value is -2.73. The van der Waals surface area contributed by atoms with Crippen LogP contribution in [-0.4, -0.2) is 76.9 Å². The van der Waals surface area contributed by atoms with E-state index in [9.17, 15) is 29.1 Å². The summed E-state index contributed by atoms with van der Waals surface area (Å²) in [5.74, 6) is -3.85. The molecule has 188 valence electrons. The van der Waals surface area contributed by atoms with Crippen LogP contribution in [0.3, 0.4) is 0 Å². The summed E-state index contributed by atoms with van der Waals surface area (Å²) in [7, 11) is 0.